The van der Waals surface area contributed by atoms with Gasteiger partial charge in [-0.1, -0.05) is 28.1 Å². The third-order valence-electron chi connectivity index (χ3n) is 2.90. The van der Waals surface area contributed by atoms with Crippen LogP contribution in [0.25, 0.3) is 0 Å². The van der Waals surface area contributed by atoms with Crippen LogP contribution in [0.2, 0.25) is 0 Å². The molecule has 100 valence electrons. The van der Waals surface area contributed by atoms with E-state index in [1.807, 2.05) is 23.9 Å². The lowest BCUT2D eigenvalue weighted by atomic mass is 10.2. The van der Waals surface area contributed by atoms with Crippen LogP contribution >= 0.6 is 27.7 Å². The Balaban J connectivity index is 2.22. The molecule has 1 fully saturated rings. The molecule has 0 radical (unpaired) electrons. The van der Waals surface area contributed by atoms with Crippen LogP contribution in [0, 0.1) is 0 Å². The van der Waals surface area contributed by atoms with Gasteiger partial charge in [-0.05, 0) is 29.9 Å². The maximum Gasteiger partial charge on any atom is 0.243 e. The van der Waals surface area contributed by atoms with Gasteiger partial charge in [-0.25, -0.2) is 8.42 Å². The summed E-state index contributed by atoms with van der Waals surface area (Å²) in [6.45, 7) is 1.25. The topological polar surface area (TPSA) is 37.4 Å². The van der Waals surface area contributed by atoms with Crippen molar-refractivity contribution >= 4 is 37.7 Å². The molecule has 3 nitrogen and oxygen atoms in total. The van der Waals surface area contributed by atoms with E-state index in [-0.39, 0.29) is 0 Å². The lowest BCUT2D eigenvalue weighted by Crippen LogP contribution is -2.32. The van der Waals surface area contributed by atoms with Gasteiger partial charge in [-0.2, -0.15) is 16.1 Å². The Hall–Kier alpha value is -0.0400. The van der Waals surface area contributed by atoms with Gasteiger partial charge in [0.25, 0.3) is 0 Å². The normalized spacial score (nSPS) is 18.5. The summed E-state index contributed by atoms with van der Waals surface area (Å²) >= 11 is 5.18. The Labute approximate surface area is 121 Å². The Morgan fingerprint density at radius 1 is 1.17 bits per heavy atom. The van der Waals surface area contributed by atoms with Gasteiger partial charge < -0.3 is 0 Å². The summed E-state index contributed by atoms with van der Waals surface area (Å²) in [6, 6.07) is 7.11. The molecule has 0 aliphatic carbocycles. The first kappa shape index (κ1) is 14.4. The van der Waals surface area contributed by atoms with Crippen molar-refractivity contribution in [3.63, 3.8) is 0 Å². The number of hydrogen-bond donors (Lipinski definition) is 0. The van der Waals surface area contributed by atoms with Gasteiger partial charge in [0.1, 0.15) is 0 Å². The van der Waals surface area contributed by atoms with Crippen molar-refractivity contribution in [1.82, 2.24) is 4.31 Å². The lowest BCUT2D eigenvalue weighted by Gasteiger charge is -2.19. The zero-order valence-electron chi connectivity index (χ0n) is 10.0. The minimum Gasteiger partial charge on any atom is -0.207 e. The van der Waals surface area contributed by atoms with Gasteiger partial charge in [0.2, 0.25) is 10.0 Å². The molecule has 6 heteroatoms. The van der Waals surface area contributed by atoms with E-state index in [1.54, 1.807) is 16.4 Å². The van der Waals surface area contributed by atoms with E-state index < -0.39 is 10.0 Å². The molecule has 1 saturated heterocycles. The van der Waals surface area contributed by atoms with Crippen LogP contribution in [0.3, 0.4) is 0 Å². The van der Waals surface area contributed by atoms with E-state index >= 15 is 0 Å². The predicted octanol–water partition coefficient (Wildman–Crippen LogP) is 2.71. The van der Waals surface area contributed by atoms with Crippen LogP contribution in [0.4, 0.5) is 0 Å². The molecular formula is C12H16BrNO2S2. The summed E-state index contributed by atoms with van der Waals surface area (Å²) in [7, 11) is -3.31. The van der Waals surface area contributed by atoms with E-state index in [2.05, 4.69) is 15.9 Å². The van der Waals surface area contributed by atoms with Crippen molar-refractivity contribution in [3.05, 3.63) is 29.8 Å². The van der Waals surface area contributed by atoms with Crippen molar-refractivity contribution < 1.29 is 8.42 Å². The van der Waals surface area contributed by atoms with Crippen LogP contribution in [0.1, 0.15) is 12.0 Å². The fourth-order valence-electron chi connectivity index (χ4n) is 1.86. The van der Waals surface area contributed by atoms with E-state index in [1.165, 1.54) is 0 Å². The highest BCUT2D eigenvalue weighted by atomic mass is 79.9. The summed E-state index contributed by atoms with van der Waals surface area (Å²) in [5.74, 6) is 1.94. The molecular weight excluding hydrogens is 334 g/mol. The minimum absolute atomic E-state index is 0.402. The molecule has 18 heavy (non-hydrogen) atoms. The molecule has 0 saturated carbocycles. The minimum atomic E-state index is -3.31. The van der Waals surface area contributed by atoms with Gasteiger partial charge in [-0.3, -0.25) is 0 Å². The first-order valence-corrected chi connectivity index (χ1v) is 9.59. The van der Waals surface area contributed by atoms with Crippen molar-refractivity contribution in [3.8, 4) is 0 Å². The molecule has 1 aliphatic heterocycles. The third kappa shape index (κ3) is 3.29. The van der Waals surface area contributed by atoms with Crippen LogP contribution in [-0.2, 0) is 15.4 Å². The summed E-state index contributed by atoms with van der Waals surface area (Å²) in [5, 5.41) is 0.744. The van der Waals surface area contributed by atoms with E-state index in [0.29, 0.717) is 18.0 Å². The zero-order chi connectivity index (χ0) is 13.0. The fraction of sp³-hybridized carbons (Fsp3) is 0.500. The van der Waals surface area contributed by atoms with Gasteiger partial charge >= 0.3 is 0 Å². The Morgan fingerprint density at radius 2 is 1.89 bits per heavy atom. The number of benzene rings is 1. The van der Waals surface area contributed by atoms with Gasteiger partial charge in [-0.15, -0.1) is 0 Å². The highest BCUT2D eigenvalue weighted by Crippen LogP contribution is 2.20. The molecule has 1 aromatic rings. The van der Waals surface area contributed by atoms with E-state index in [9.17, 15) is 8.42 Å². The lowest BCUT2D eigenvalue weighted by molar-refractivity contribution is 0.435. The Morgan fingerprint density at radius 3 is 2.56 bits per heavy atom. The number of thioether (sulfide) groups is 1. The molecule has 1 heterocycles. The average Bonchev–Trinajstić information content (AvgIpc) is 2.68. The second-order valence-electron chi connectivity index (χ2n) is 4.15. The van der Waals surface area contributed by atoms with Gasteiger partial charge in [0.05, 0.1) is 4.90 Å². The molecule has 1 aliphatic rings. The Kier molecular flexibility index (Phi) is 5.12. The van der Waals surface area contributed by atoms with Crippen molar-refractivity contribution in [2.75, 3.05) is 24.6 Å². The largest absolute Gasteiger partial charge is 0.243 e. The van der Waals surface area contributed by atoms with E-state index in [4.69, 9.17) is 0 Å². The number of sulfonamides is 1. The number of rotatable bonds is 3. The highest BCUT2D eigenvalue weighted by Gasteiger charge is 2.24. The smallest absolute Gasteiger partial charge is 0.207 e. The highest BCUT2D eigenvalue weighted by molar-refractivity contribution is 9.08. The summed E-state index contributed by atoms with van der Waals surface area (Å²) in [6.07, 6.45) is 0.934. The average molecular weight is 350 g/mol. The number of nitrogens with zero attached hydrogens (tertiary/aromatic N) is 1. The quantitative estimate of drug-likeness (QED) is 0.787. The molecule has 2 rings (SSSR count). The third-order valence-corrected chi connectivity index (χ3v) is 6.51. The summed E-state index contributed by atoms with van der Waals surface area (Å²) < 4.78 is 26.5. The first-order valence-electron chi connectivity index (χ1n) is 5.87. The summed E-state index contributed by atoms with van der Waals surface area (Å²) in [4.78, 5) is 0.402. The van der Waals surface area contributed by atoms with Gasteiger partial charge in [0, 0.05) is 24.2 Å². The molecule has 0 unspecified atom stereocenters. The fourth-order valence-corrected chi connectivity index (χ4v) is 4.72. The van der Waals surface area contributed by atoms with Crippen LogP contribution in [-0.4, -0.2) is 37.3 Å². The van der Waals surface area contributed by atoms with E-state index in [0.717, 1.165) is 28.8 Å². The monoisotopic (exact) mass is 349 g/mol. The van der Waals surface area contributed by atoms with Crippen LogP contribution in [0.5, 0.6) is 0 Å². The maximum atomic E-state index is 12.4. The van der Waals surface area contributed by atoms with Crippen molar-refractivity contribution in [2.24, 2.45) is 0 Å². The van der Waals surface area contributed by atoms with Crippen LogP contribution < -0.4 is 0 Å². The molecule has 0 bridgehead atoms. The second kappa shape index (κ2) is 6.41. The molecule has 0 amide bonds. The van der Waals surface area contributed by atoms with Gasteiger partial charge in [0.15, 0.2) is 0 Å². The maximum absolute atomic E-state index is 12.4. The molecule has 0 atom stereocenters. The molecule has 0 aromatic heterocycles. The number of alkyl halides is 1. The Bertz CT molecular complexity index is 479. The molecule has 0 N–H and O–H groups in total. The van der Waals surface area contributed by atoms with Crippen molar-refractivity contribution in [2.45, 2.75) is 16.6 Å². The predicted molar refractivity (Wildman–Crippen MR) is 79.8 cm³/mol. The van der Waals surface area contributed by atoms with Crippen LogP contribution in [0.15, 0.2) is 29.2 Å². The first-order chi connectivity index (χ1) is 8.64. The SMILES string of the molecule is O=S(=O)(c1ccc(CBr)cc1)N1CCCSCC1. The van der Waals surface area contributed by atoms with Crippen molar-refractivity contribution in [1.29, 1.82) is 0 Å². The standard InChI is InChI=1S/C12H16BrNO2S2/c13-10-11-2-4-12(5-3-11)18(15,16)14-6-1-8-17-9-7-14/h2-5H,1,6-10H2. The molecule has 1 aromatic carbocycles. The zero-order valence-corrected chi connectivity index (χ0v) is 13.2. The number of halogens is 1. The molecule has 0 spiro atoms. The summed E-state index contributed by atoms with van der Waals surface area (Å²) in [5.41, 5.74) is 1.08. The second-order valence-corrected chi connectivity index (χ2v) is 7.87. The number of hydrogen-bond acceptors (Lipinski definition) is 3.